The van der Waals surface area contributed by atoms with Crippen LogP contribution in [0.3, 0.4) is 0 Å². The molecule has 0 saturated heterocycles. The van der Waals surface area contributed by atoms with Gasteiger partial charge in [-0.15, -0.1) is 4.68 Å². The molecule has 0 unspecified atom stereocenters. The average molecular weight is 402 g/mol. The second kappa shape index (κ2) is 8.94. The molecule has 0 aliphatic heterocycles. The predicted octanol–water partition coefficient (Wildman–Crippen LogP) is 4.26. The minimum atomic E-state index is -0.973. The Morgan fingerprint density at radius 3 is 2.36 bits per heavy atom. The van der Waals surface area contributed by atoms with Crippen LogP contribution in [0, 0.1) is 0 Å². The molecule has 0 fully saturated rings. The van der Waals surface area contributed by atoms with E-state index in [2.05, 4.69) is 10.7 Å². The van der Waals surface area contributed by atoms with Gasteiger partial charge in [0.15, 0.2) is 12.2 Å². The number of benzene rings is 2. The van der Waals surface area contributed by atoms with E-state index >= 15 is 0 Å². The molecule has 0 spiro atoms. The van der Waals surface area contributed by atoms with E-state index in [4.69, 9.17) is 39.9 Å². The maximum atomic E-state index is 10.7. The number of carboxylic acid groups (broad SMARTS) is 1. The summed E-state index contributed by atoms with van der Waals surface area (Å²) in [4.78, 5) is 10.7. The van der Waals surface area contributed by atoms with E-state index in [1.165, 1.54) is 6.34 Å². The number of hydrogen-bond acceptors (Lipinski definition) is 2. The van der Waals surface area contributed by atoms with Crippen molar-refractivity contribution in [1.82, 2.24) is 10.7 Å². The van der Waals surface area contributed by atoms with E-state index in [-0.39, 0.29) is 17.6 Å². The van der Waals surface area contributed by atoms with Crippen molar-refractivity contribution in [2.75, 3.05) is 6.54 Å². The first-order valence-corrected chi connectivity index (χ1v) is 8.55. The lowest BCUT2D eigenvalue weighted by Gasteiger charge is -2.17. The van der Waals surface area contributed by atoms with E-state index in [9.17, 15) is 4.79 Å². The van der Waals surface area contributed by atoms with Gasteiger partial charge in [-0.3, -0.25) is 5.32 Å². The first-order valence-electron chi connectivity index (χ1n) is 7.42. The molecule has 0 radical (unpaired) electrons. The Morgan fingerprint density at radius 1 is 1.20 bits per heavy atom. The second-order valence-corrected chi connectivity index (χ2v) is 6.45. The van der Waals surface area contributed by atoms with Crippen LogP contribution < -0.4 is 10.7 Å². The molecule has 5 nitrogen and oxygen atoms in total. The number of nitrogens with one attached hydrogen (secondary N) is 2. The van der Waals surface area contributed by atoms with Gasteiger partial charge < -0.3 is 5.11 Å². The number of carboxylic acids is 1. The molecule has 0 aliphatic rings. The Bertz CT molecular complexity index is 759. The molecular weight excluding hydrogens is 385 g/mol. The highest BCUT2D eigenvalue weighted by Crippen LogP contribution is 2.34. The van der Waals surface area contributed by atoms with Crippen LogP contribution in [0.25, 0.3) is 0 Å². The topological polar surface area (TPSA) is 64.4 Å². The van der Waals surface area contributed by atoms with Crippen molar-refractivity contribution in [3.05, 3.63) is 63.1 Å². The highest BCUT2D eigenvalue weighted by molar-refractivity contribution is 6.48. The monoisotopic (exact) mass is 400 g/mol. The van der Waals surface area contributed by atoms with Crippen molar-refractivity contribution < 1.29 is 14.6 Å². The third kappa shape index (κ3) is 5.53. The zero-order valence-electron chi connectivity index (χ0n) is 13.3. The summed E-state index contributed by atoms with van der Waals surface area (Å²) in [6.07, 6.45) is 1.50. The summed E-state index contributed by atoms with van der Waals surface area (Å²) in [6, 6.07) is 13.0. The van der Waals surface area contributed by atoms with Gasteiger partial charge in [-0.25, -0.2) is 10.2 Å². The van der Waals surface area contributed by atoms with Gasteiger partial charge in [-0.1, -0.05) is 65.1 Å². The Kier molecular flexibility index (Phi) is 6.93. The molecule has 132 valence electrons. The highest BCUT2D eigenvalue weighted by atomic mass is 35.5. The maximum Gasteiger partial charge on any atom is 0.345 e. The summed E-state index contributed by atoms with van der Waals surface area (Å²) in [6.45, 7) is 1.75. The molecule has 8 heteroatoms. The van der Waals surface area contributed by atoms with Crippen LogP contribution in [0.1, 0.15) is 18.5 Å². The zero-order valence-corrected chi connectivity index (χ0v) is 15.6. The highest BCUT2D eigenvalue weighted by Gasteiger charge is 2.15. The Hall–Kier alpha value is -1.95. The number of hydrazine groups is 1. The molecular formula is C17H17Cl3N3O2+. The number of nitrogens with zero attached hydrogens (tertiary/aromatic N) is 1. The fraction of sp³-hybridized carbons (Fsp3) is 0.176. The largest absolute Gasteiger partial charge is 0.478 e. The average Bonchev–Trinajstić information content (AvgIpc) is 2.58. The molecule has 0 bridgehead atoms. The fourth-order valence-corrected chi connectivity index (χ4v) is 2.70. The van der Waals surface area contributed by atoms with Crippen LogP contribution >= 0.6 is 34.8 Å². The lowest BCUT2D eigenvalue weighted by Crippen LogP contribution is -2.34. The first-order chi connectivity index (χ1) is 11.9. The summed E-state index contributed by atoms with van der Waals surface area (Å²) in [5.74, 6) is -0.973. The number of halogens is 3. The Morgan fingerprint density at radius 2 is 1.80 bits per heavy atom. The molecule has 0 heterocycles. The number of aliphatic carboxylic acids is 1. The van der Waals surface area contributed by atoms with E-state index in [1.54, 1.807) is 16.8 Å². The molecule has 25 heavy (non-hydrogen) atoms. The van der Waals surface area contributed by atoms with Gasteiger partial charge in [-0.2, -0.15) is 0 Å². The normalized spacial score (nSPS) is 12.6. The third-order valence-corrected chi connectivity index (χ3v) is 4.55. The molecule has 1 atom stereocenters. The van der Waals surface area contributed by atoms with Crippen molar-refractivity contribution >= 4 is 52.8 Å². The summed E-state index contributed by atoms with van der Waals surface area (Å²) in [5.41, 5.74) is 4.93. The predicted molar refractivity (Wildman–Crippen MR) is 101 cm³/mol. The Balaban J connectivity index is 2.31. The maximum absolute atomic E-state index is 10.7. The summed E-state index contributed by atoms with van der Waals surface area (Å²) >= 11 is 18.2. The molecule has 0 amide bonds. The lowest BCUT2D eigenvalue weighted by molar-refractivity contribution is -0.512. The minimum absolute atomic E-state index is 0.0580. The number of hydrogen-bond donors (Lipinski definition) is 3. The quantitative estimate of drug-likeness (QED) is 0.213. The van der Waals surface area contributed by atoms with E-state index in [1.807, 2.05) is 37.3 Å². The molecule has 0 aromatic heterocycles. The molecule has 2 aromatic carbocycles. The Labute approximate surface area is 160 Å². The SMILES string of the molecule is C[C@H](N[N+](=CNCC(=O)O)c1cc(Cl)c(Cl)c(Cl)c1)c1ccccc1. The van der Waals surface area contributed by atoms with Crippen molar-refractivity contribution in [3.8, 4) is 0 Å². The first kappa shape index (κ1) is 19.4. The van der Waals surface area contributed by atoms with Crippen molar-refractivity contribution in [2.24, 2.45) is 0 Å². The lowest BCUT2D eigenvalue weighted by atomic mass is 10.1. The fourth-order valence-electron chi connectivity index (χ4n) is 2.12. The van der Waals surface area contributed by atoms with Crippen LogP contribution in [-0.4, -0.2) is 28.6 Å². The van der Waals surface area contributed by atoms with E-state index in [0.29, 0.717) is 15.7 Å². The zero-order chi connectivity index (χ0) is 18.4. The van der Waals surface area contributed by atoms with Gasteiger partial charge in [0.25, 0.3) is 6.34 Å². The van der Waals surface area contributed by atoms with Crippen molar-refractivity contribution in [2.45, 2.75) is 13.0 Å². The van der Waals surface area contributed by atoms with E-state index in [0.717, 1.165) is 5.56 Å². The number of rotatable bonds is 7. The van der Waals surface area contributed by atoms with Crippen LogP contribution in [0.5, 0.6) is 0 Å². The standard InChI is InChI=1S/C17H16Cl3N3O2/c1-11(12-5-3-2-4-6-12)22-23(10-21-9-16(24)25)13-7-14(18)17(20)15(19)8-13/h2-8,10-11,22H,9H2,1H3,(H,24,25)/p+1/t11-/m0/s1. The van der Waals surface area contributed by atoms with E-state index < -0.39 is 5.97 Å². The smallest absolute Gasteiger partial charge is 0.345 e. The molecule has 2 rings (SSSR count). The van der Waals surface area contributed by atoms with Crippen molar-refractivity contribution in [3.63, 3.8) is 0 Å². The minimum Gasteiger partial charge on any atom is -0.478 e. The third-order valence-electron chi connectivity index (χ3n) is 3.35. The van der Waals surface area contributed by atoms with Crippen LogP contribution in [0.2, 0.25) is 15.1 Å². The van der Waals surface area contributed by atoms with Gasteiger partial charge in [0.2, 0.25) is 0 Å². The van der Waals surface area contributed by atoms with Gasteiger partial charge in [0.1, 0.15) is 0 Å². The van der Waals surface area contributed by atoms with Gasteiger partial charge in [-0.05, 0) is 12.5 Å². The second-order valence-electron chi connectivity index (χ2n) is 5.26. The summed E-state index contributed by atoms with van der Waals surface area (Å²) in [7, 11) is 0. The number of hydrazone groups is 1. The van der Waals surface area contributed by atoms with Crippen LogP contribution in [0.4, 0.5) is 5.69 Å². The van der Waals surface area contributed by atoms with Crippen molar-refractivity contribution in [1.29, 1.82) is 0 Å². The molecule has 0 saturated carbocycles. The summed E-state index contributed by atoms with van der Waals surface area (Å²) in [5, 5.41) is 12.4. The van der Waals surface area contributed by atoms with Gasteiger partial charge in [0.05, 0.1) is 21.1 Å². The van der Waals surface area contributed by atoms with Crippen LogP contribution in [0.15, 0.2) is 42.5 Å². The van der Waals surface area contributed by atoms with Gasteiger partial charge in [0, 0.05) is 12.1 Å². The van der Waals surface area contributed by atoms with Crippen LogP contribution in [-0.2, 0) is 4.79 Å². The molecule has 3 N–H and O–H groups in total. The molecule has 2 aromatic rings. The summed E-state index contributed by atoms with van der Waals surface area (Å²) < 4.78 is 1.62. The van der Waals surface area contributed by atoms with Gasteiger partial charge >= 0.3 is 5.97 Å². The molecule has 0 aliphatic carbocycles. The number of carbonyl (C=O) groups is 1.